The van der Waals surface area contributed by atoms with E-state index in [1.165, 1.54) is 0 Å². The molecule has 4 rings (SSSR count). The van der Waals surface area contributed by atoms with Crippen LogP contribution in [0, 0.1) is 19.8 Å². The minimum atomic E-state index is -0.811. The number of nitrogens with zero attached hydrogens (tertiary/aromatic N) is 4. The number of rotatable bonds is 12. The van der Waals surface area contributed by atoms with E-state index in [2.05, 4.69) is 37.6 Å². The van der Waals surface area contributed by atoms with Crippen molar-refractivity contribution in [1.29, 1.82) is 0 Å². The van der Waals surface area contributed by atoms with E-state index in [9.17, 15) is 14.7 Å². The molecule has 1 amide bonds. The zero-order valence-corrected chi connectivity index (χ0v) is 25.2. The summed E-state index contributed by atoms with van der Waals surface area (Å²) in [5, 5.41) is 11.7. The minimum Gasteiger partial charge on any atom is -0.505 e. The first kappa shape index (κ1) is 30.1. The number of amides is 1. The number of imidazole rings is 1. The lowest BCUT2D eigenvalue weighted by molar-refractivity contribution is -0.140. The first-order valence-electron chi connectivity index (χ1n) is 14.4. The molecule has 1 unspecified atom stereocenters. The van der Waals surface area contributed by atoms with Gasteiger partial charge in [-0.05, 0) is 68.6 Å². The molecule has 0 radical (unpaired) electrons. The SMILES string of the molecule is CCN(CC)CCN1C(=O)C(=O)C(=C(O)c2nc3c(C)cccn3c2C)C1c1ccc(OCCC(C)C)c(OC)c1. The number of hydrogen-bond donors (Lipinski definition) is 1. The Morgan fingerprint density at radius 2 is 1.85 bits per heavy atom. The van der Waals surface area contributed by atoms with E-state index in [1.54, 1.807) is 24.1 Å². The second-order valence-corrected chi connectivity index (χ2v) is 10.9. The van der Waals surface area contributed by atoms with Crippen LogP contribution in [0.25, 0.3) is 11.4 Å². The number of ketones is 1. The van der Waals surface area contributed by atoms with Crippen molar-refractivity contribution in [2.24, 2.45) is 5.92 Å². The first-order valence-corrected chi connectivity index (χ1v) is 14.4. The van der Waals surface area contributed by atoms with Crippen LogP contribution in [0.15, 0.2) is 42.1 Å². The minimum absolute atomic E-state index is 0.0224. The summed E-state index contributed by atoms with van der Waals surface area (Å²) in [5.74, 6) is -0.0639. The molecule has 0 saturated carbocycles. The Labute approximate surface area is 242 Å². The molecule has 1 atom stereocenters. The number of carbonyl (C=O) groups excluding carboxylic acids is 2. The van der Waals surface area contributed by atoms with Gasteiger partial charge >= 0.3 is 0 Å². The van der Waals surface area contributed by atoms with Crippen LogP contribution < -0.4 is 9.47 Å². The zero-order chi connectivity index (χ0) is 29.8. The Bertz CT molecular complexity index is 1450. The summed E-state index contributed by atoms with van der Waals surface area (Å²) < 4.78 is 13.5. The van der Waals surface area contributed by atoms with Crippen LogP contribution in [-0.4, -0.2) is 75.9 Å². The molecule has 3 heterocycles. The third-order valence-corrected chi connectivity index (χ3v) is 7.86. The largest absolute Gasteiger partial charge is 0.505 e. The maximum absolute atomic E-state index is 13.6. The van der Waals surface area contributed by atoms with E-state index in [1.807, 2.05) is 42.6 Å². The standard InChI is InChI=1S/C32H42N4O5/c1-8-34(9-2)16-17-36-28(23-12-13-24(25(19-23)40-7)41-18-14-20(3)4)26(30(38)32(36)39)29(37)27-22(6)35-15-10-11-21(5)31(35)33-27/h10-13,15,19-20,28,37H,8-9,14,16-18H2,1-7H3. The van der Waals surface area contributed by atoms with Gasteiger partial charge in [-0.15, -0.1) is 0 Å². The van der Waals surface area contributed by atoms with Crippen molar-refractivity contribution in [3.05, 3.63) is 64.6 Å². The van der Waals surface area contributed by atoms with E-state index in [-0.39, 0.29) is 17.0 Å². The maximum atomic E-state index is 13.6. The number of likely N-dealkylation sites (tertiary alicyclic amines) is 1. The van der Waals surface area contributed by atoms with Gasteiger partial charge in [0.2, 0.25) is 0 Å². The van der Waals surface area contributed by atoms with Crippen molar-refractivity contribution in [3.63, 3.8) is 0 Å². The molecular formula is C32H42N4O5. The van der Waals surface area contributed by atoms with E-state index in [0.29, 0.717) is 54.0 Å². The monoisotopic (exact) mass is 562 g/mol. The summed E-state index contributed by atoms with van der Waals surface area (Å²) in [6, 6.07) is 8.47. The maximum Gasteiger partial charge on any atom is 0.295 e. The summed E-state index contributed by atoms with van der Waals surface area (Å²) in [5.41, 5.74) is 3.25. The molecule has 0 spiro atoms. The Hall–Kier alpha value is -3.85. The Morgan fingerprint density at radius 3 is 2.49 bits per heavy atom. The normalized spacial score (nSPS) is 16.9. The predicted octanol–water partition coefficient (Wildman–Crippen LogP) is 5.15. The van der Waals surface area contributed by atoms with E-state index >= 15 is 0 Å². The van der Waals surface area contributed by atoms with Crippen molar-refractivity contribution in [2.45, 2.75) is 54.0 Å². The van der Waals surface area contributed by atoms with Crippen molar-refractivity contribution < 1.29 is 24.2 Å². The van der Waals surface area contributed by atoms with Gasteiger partial charge in [-0.25, -0.2) is 4.98 Å². The molecule has 9 nitrogen and oxygen atoms in total. The second-order valence-electron chi connectivity index (χ2n) is 10.9. The van der Waals surface area contributed by atoms with Crippen molar-refractivity contribution in [2.75, 3.05) is 39.9 Å². The second kappa shape index (κ2) is 12.8. The summed E-state index contributed by atoms with van der Waals surface area (Å²) in [6.07, 6.45) is 2.76. The van der Waals surface area contributed by atoms with Crippen LogP contribution in [-0.2, 0) is 9.59 Å². The number of aromatic nitrogens is 2. The number of carbonyl (C=O) groups is 2. The number of hydrogen-bond acceptors (Lipinski definition) is 7. The topological polar surface area (TPSA) is 96.6 Å². The zero-order valence-electron chi connectivity index (χ0n) is 25.2. The van der Waals surface area contributed by atoms with E-state index < -0.39 is 17.7 Å². The number of likely N-dealkylation sites (N-methyl/N-ethyl adjacent to an activating group) is 1. The number of methoxy groups -OCH3 is 1. The van der Waals surface area contributed by atoms with Crippen LogP contribution in [0.3, 0.4) is 0 Å². The molecule has 1 saturated heterocycles. The predicted molar refractivity (Wildman–Crippen MR) is 159 cm³/mol. The van der Waals surface area contributed by atoms with Gasteiger partial charge in [0.15, 0.2) is 17.3 Å². The number of aryl methyl sites for hydroxylation is 2. The fourth-order valence-electron chi connectivity index (χ4n) is 5.30. The molecule has 41 heavy (non-hydrogen) atoms. The van der Waals surface area contributed by atoms with Crippen LogP contribution in [0.4, 0.5) is 0 Å². The summed E-state index contributed by atoms with van der Waals surface area (Å²) >= 11 is 0. The fraction of sp³-hybridized carbons (Fsp3) is 0.469. The highest BCUT2D eigenvalue weighted by molar-refractivity contribution is 6.46. The summed E-state index contributed by atoms with van der Waals surface area (Å²) in [6.45, 7) is 15.3. The van der Waals surface area contributed by atoms with E-state index in [0.717, 1.165) is 25.1 Å². The summed E-state index contributed by atoms with van der Waals surface area (Å²) in [7, 11) is 1.56. The number of Topliss-reactive ketones (excluding diaryl/α,β-unsaturated/α-hetero) is 1. The quantitative estimate of drug-likeness (QED) is 0.185. The highest BCUT2D eigenvalue weighted by Crippen LogP contribution is 2.42. The average Bonchev–Trinajstić information content (AvgIpc) is 3.43. The average molecular weight is 563 g/mol. The van der Waals surface area contributed by atoms with Gasteiger partial charge in [0.1, 0.15) is 11.3 Å². The highest BCUT2D eigenvalue weighted by Gasteiger charge is 2.46. The number of aliphatic hydroxyl groups excluding tert-OH is 1. The molecular weight excluding hydrogens is 520 g/mol. The van der Waals surface area contributed by atoms with Crippen LogP contribution in [0.2, 0.25) is 0 Å². The van der Waals surface area contributed by atoms with Crippen LogP contribution in [0.1, 0.15) is 62.7 Å². The highest BCUT2D eigenvalue weighted by atomic mass is 16.5. The molecule has 1 aliphatic heterocycles. The van der Waals surface area contributed by atoms with E-state index in [4.69, 9.17) is 9.47 Å². The Balaban J connectivity index is 1.84. The lowest BCUT2D eigenvalue weighted by atomic mass is 9.96. The summed E-state index contributed by atoms with van der Waals surface area (Å²) in [4.78, 5) is 35.5. The number of benzene rings is 1. The molecule has 220 valence electrons. The van der Waals surface area contributed by atoms with Crippen LogP contribution in [0.5, 0.6) is 11.5 Å². The van der Waals surface area contributed by atoms with Gasteiger partial charge in [-0.1, -0.05) is 39.8 Å². The van der Waals surface area contributed by atoms with Gasteiger partial charge in [-0.2, -0.15) is 0 Å². The van der Waals surface area contributed by atoms with Gasteiger partial charge in [0.25, 0.3) is 11.7 Å². The molecule has 1 aromatic carbocycles. The van der Waals surface area contributed by atoms with Crippen molar-refractivity contribution in [3.8, 4) is 11.5 Å². The smallest absolute Gasteiger partial charge is 0.295 e. The molecule has 3 aromatic rings. The molecule has 9 heteroatoms. The van der Waals surface area contributed by atoms with Gasteiger partial charge in [0, 0.05) is 19.3 Å². The molecule has 0 bridgehead atoms. The molecule has 1 N–H and O–H groups in total. The van der Waals surface area contributed by atoms with Crippen LogP contribution >= 0.6 is 0 Å². The molecule has 1 aliphatic rings. The third kappa shape index (κ3) is 5.95. The number of ether oxygens (including phenoxy) is 2. The van der Waals surface area contributed by atoms with Gasteiger partial charge in [0.05, 0.1) is 31.0 Å². The first-order chi connectivity index (χ1) is 19.6. The number of fused-ring (bicyclic) bond motifs is 1. The van der Waals surface area contributed by atoms with Crippen molar-refractivity contribution >= 4 is 23.1 Å². The molecule has 1 fully saturated rings. The lowest BCUT2D eigenvalue weighted by Gasteiger charge is -2.28. The number of pyridine rings is 1. The van der Waals surface area contributed by atoms with Gasteiger partial charge in [-0.3, -0.25) is 9.59 Å². The molecule has 2 aromatic heterocycles. The Kier molecular flexibility index (Phi) is 9.38. The molecule has 0 aliphatic carbocycles. The number of aliphatic hydroxyl groups is 1. The fourth-order valence-corrected chi connectivity index (χ4v) is 5.30. The lowest BCUT2D eigenvalue weighted by Crippen LogP contribution is -2.38. The third-order valence-electron chi connectivity index (χ3n) is 7.86. The van der Waals surface area contributed by atoms with Crippen molar-refractivity contribution in [1.82, 2.24) is 19.2 Å². The van der Waals surface area contributed by atoms with Gasteiger partial charge < -0.3 is 28.8 Å². The Morgan fingerprint density at radius 1 is 1.12 bits per heavy atom.